The molecule has 0 N–H and O–H groups in total. The average Bonchev–Trinajstić information content (AvgIpc) is 2.96. The van der Waals surface area contributed by atoms with Gasteiger partial charge in [0.15, 0.2) is 9.84 Å². The summed E-state index contributed by atoms with van der Waals surface area (Å²) in [5.41, 5.74) is 0.979. The number of rotatable bonds is 5. The molecule has 1 unspecified atom stereocenters. The number of esters is 1. The van der Waals surface area contributed by atoms with E-state index in [1.165, 1.54) is 24.5 Å². The Morgan fingerprint density at radius 3 is 2.47 bits per heavy atom. The molecule has 0 aliphatic carbocycles. The second-order valence-corrected chi connectivity index (χ2v) is 10.8. The first-order valence-corrected chi connectivity index (χ1v) is 12.6. The van der Waals surface area contributed by atoms with Crippen LogP contribution in [0.4, 0.5) is 10.7 Å². The number of sulfone groups is 1. The predicted octanol–water partition coefficient (Wildman–Crippen LogP) is 4.29. The van der Waals surface area contributed by atoms with Crippen LogP contribution in [0.5, 0.6) is 0 Å². The Labute approximate surface area is 185 Å². The van der Waals surface area contributed by atoms with Crippen molar-refractivity contribution in [3.63, 3.8) is 0 Å². The van der Waals surface area contributed by atoms with Crippen LogP contribution in [0.25, 0.3) is 10.1 Å². The van der Waals surface area contributed by atoms with Gasteiger partial charge < -0.3 is 9.29 Å². The summed E-state index contributed by atoms with van der Waals surface area (Å²) in [4.78, 5) is 11.7. The van der Waals surface area contributed by atoms with Gasteiger partial charge in [0.05, 0.1) is 34.5 Å². The Morgan fingerprint density at radius 1 is 1.23 bits per heavy atom. The zero-order valence-corrected chi connectivity index (χ0v) is 19.6. The lowest BCUT2D eigenvalue weighted by Gasteiger charge is -2.28. The van der Waals surface area contributed by atoms with Crippen LogP contribution in [0, 0.1) is 13.8 Å². The van der Waals surface area contributed by atoms with Crippen molar-refractivity contribution in [2.24, 2.45) is 0 Å². The van der Waals surface area contributed by atoms with Gasteiger partial charge in [-0.2, -0.15) is 0 Å². The first-order chi connectivity index (χ1) is 14.0. The van der Waals surface area contributed by atoms with Gasteiger partial charge in [-0.3, -0.25) is 8.51 Å². The van der Waals surface area contributed by atoms with Crippen LogP contribution in [0.1, 0.15) is 21.5 Å². The number of benzene rings is 2. The van der Waals surface area contributed by atoms with Gasteiger partial charge in [0.2, 0.25) is 0 Å². The molecule has 3 aromatic rings. The summed E-state index contributed by atoms with van der Waals surface area (Å²) in [6, 6.07) is 7.69. The monoisotopic (exact) mass is 486 g/mol. The van der Waals surface area contributed by atoms with Crippen LogP contribution < -0.4 is 4.31 Å². The van der Waals surface area contributed by atoms with E-state index in [1.807, 2.05) is 0 Å². The molecule has 30 heavy (non-hydrogen) atoms. The van der Waals surface area contributed by atoms with Crippen molar-refractivity contribution in [1.29, 1.82) is 0 Å². The summed E-state index contributed by atoms with van der Waals surface area (Å²) in [7, 11) is -2.71. The van der Waals surface area contributed by atoms with Crippen LogP contribution in [0.2, 0.25) is 5.02 Å². The van der Waals surface area contributed by atoms with Gasteiger partial charge >= 0.3 is 5.97 Å². The molecular weight excluding hydrogens is 470 g/mol. The van der Waals surface area contributed by atoms with E-state index in [0.29, 0.717) is 21.2 Å². The molecule has 3 rings (SSSR count). The van der Waals surface area contributed by atoms with E-state index in [9.17, 15) is 22.0 Å². The van der Waals surface area contributed by atoms with E-state index in [0.717, 1.165) is 26.7 Å². The van der Waals surface area contributed by atoms with Crippen molar-refractivity contribution in [2.45, 2.75) is 18.7 Å². The molecule has 0 bridgehead atoms. The van der Waals surface area contributed by atoms with Gasteiger partial charge in [0, 0.05) is 16.0 Å². The van der Waals surface area contributed by atoms with Crippen molar-refractivity contribution >= 4 is 70.8 Å². The average molecular weight is 487 g/mol. The number of methoxy groups -OCH3 is 1. The van der Waals surface area contributed by atoms with Gasteiger partial charge in [-0.15, -0.1) is 11.3 Å². The number of fused-ring (bicyclic) bond motifs is 1. The number of carbonyl (C=O) groups is 1. The lowest BCUT2D eigenvalue weighted by atomic mass is 10.1. The Morgan fingerprint density at radius 2 is 1.90 bits per heavy atom. The molecule has 1 atom stereocenters. The Kier molecular flexibility index (Phi) is 6.26. The van der Waals surface area contributed by atoms with Gasteiger partial charge in [-0.25, -0.2) is 13.2 Å². The minimum absolute atomic E-state index is 0.0400. The standard InChI is InChI=1S/C19H18ClNO6S3/c1-10-7-15(17(30(4,25)26)9-13(10)19(22)27-3)21(29(23)24)18-11(2)14-8-12(20)5-6-16(14)28-18/h5-9H,1-4H3,(H,23,24)/p-1. The fourth-order valence-electron chi connectivity index (χ4n) is 3.09. The normalized spacial score (nSPS) is 12.7. The van der Waals surface area contributed by atoms with Crippen LogP contribution in [0.3, 0.4) is 0 Å². The number of halogens is 1. The van der Waals surface area contributed by atoms with Crippen LogP contribution in [0.15, 0.2) is 35.2 Å². The van der Waals surface area contributed by atoms with Crippen molar-refractivity contribution in [3.05, 3.63) is 52.0 Å². The maximum Gasteiger partial charge on any atom is 0.338 e. The number of aryl methyl sites for hydroxylation is 2. The van der Waals surface area contributed by atoms with Gasteiger partial charge in [-0.1, -0.05) is 11.6 Å². The highest BCUT2D eigenvalue weighted by Crippen LogP contribution is 2.44. The number of thiophene rings is 1. The summed E-state index contributed by atoms with van der Waals surface area (Å²) in [5, 5.41) is 1.59. The lowest BCUT2D eigenvalue weighted by molar-refractivity contribution is 0.0599. The highest BCUT2D eigenvalue weighted by atomic mass is 35.5. The summed E-state index contributed by atoms with van der Waals surface area (Å²) >= 11 is 4.42. The molecule has 0 spiro atoms. The second-order valence-electron chi connectivity index (χ2n) is 6.58. The van der Waals surface area contributed by atoms with Crippen LogP contribution in [-0.2, 0) is 25.8 Å². The van der Waals surface area contributed by atoms with E-state index < -0.39 is 27.1 Å². The molecule has 0 fully saturated rings. The highest BCUT2D eigenvalue weighted by molar-refractivity contribution is 7.91. The van der Waals surface area contributed by atoms with Crippen LogP contribution >= 0.6 is 22.9 Å². The maximum atomic E-state index is 12.5. The quantitative estimate of drug-likeness (QED) is 0.393. The fraction of sp³-hybridized carbons (Fsp3) is 0.211. The molecule has 11 heteroatoms. The molecule has 0 radical (unpaired) electrons. The third-order valence-electron chi connectivity index (χ3n) is 4.54. The number of anilines is 2. The van der Waals surface area contributed by atoms with Crippen molar-refractivity contribution in [2.75, 3.05) is 17.7 Å². The summed E-state index contributed by atoms with van der Waals surface area (Å²) in [5.74, 6) is -0.716. The van der Waals surface area contributed by atoms with E-state index in [1.54, 1.807) is 32.0 Å². The third kappa shape index (κ3) is 4.10. The van der Waals surface area contributed by atoms with Gasteiger partial charge in [-0.05, 0) is 60.7 Å². The Hall–Kier alpha value is -1.98. The fourth-order valence-corrected chi connectivity index (χ4v) is 6.17. The van der Waals surface area contributed by atoms with E-state index in [-0.39, 0.29) is 16.1 Å². The van der Waals surface area contributed by atoms with Gasteiger partial charge in [0.1, 0.15) is 5.00 Å². The zero-order chi connectivity index (χ0) is 22.4. The Balaban J connectivity index is 2.35. The highest BCUT2D eigenvalue weighted by Gasteiger charge is 2.27. The number of ether oxygens (including phenoxy) is 1. The molecule has 7 nitrogen and oxygen atoms in total. The zero-order valence-electron chi connectivity index (χ0n) is 16.4. The molecule has 160 valence electrons. The molecule has 1 heterocycles. The molecule has 0 aliphatic rings. The largest absolute Gasteiger partial charge is 0.755 e. The first-order valence-electron chi connectivity index (χ1n) is 8.47. The van der Waals surface area contributed by atoms with E-state index in [2.05, 4.69) is 0 Å². The van der Waals surface area contributed by atoms with Crippen molar-refractivity contribution in [1.82, 2.24) is 0 Å². The number of hydrogen-bond donors (Lipinski definition) is 0. The number of hydrogen-bond acceptors (Lipinski definition) is 7. The molecule has 0 saturated carbocycles. The lowest BCUT2D eigenvalue weighted by Crippen LogP contribution is -2.22. The SMILES string of the molecule is COC(=O)c1cc(S(C)(=O)=O)c(N(c2sc3ccc(Cl)cc3c2C)S(=O)[O-])cc1C. The predicted molar refractivity (Wildman–Crippen MR) is 118 cm³/mol. The van der Waals surface area contributed by atoms with Crippen LogP contribution in [-0.4, -0.2) is 36.5 Å². The molecule has 0 aliphatic heterocycles. The molecule has 0 saturated heterocycles. The van der Waals surface area contributed by atoms with E-state index >= 15 is 0 Å². The minimum Gasteiger partial charge on any atom is -0.755 e. The summed E-state index contributed by atoms with van der Waals surface area (Å²) in [6.45, 7) is 3.31. The number of nitrogens with zero attached hydrogens (tertiary/aromatic N) is 1. The first kappa shape index (κ1) is 22.7. The van der Waals surface area contributed by atoms with E-state index in [4.69, 9.17) is 16.3 Å². The molecule has 2 aromatic carbocycles. The van der Waals surface area contributed by atoms with Gasteiger partial charge in [0.25, 0.3) is 0 Å². The molecule has 0 amide bonds. The number of carbonyl (C=O) groups excluding carboxylic acids is 1. The minimum atomic E-state index is -3.89. The van der Waals surface area contributed by atoms with Crippen molar-refractivity contribution in [3.8, 4) is 0 Å². The maximum absolute atomic E-state index is 12.5. The molecular formula is C19H17ClNO6S3-. The summed E-state index contributed by atoms with van der Waals surface area (Å²) < 4.78 is 56.0. The molecule has 1 aromatic heterocycles. The topological polar surface area (TPSA) is 104 Å². The summed E-state index contributed by atoms with van der Waals surface area (Å²) in [6.07, 6.45) is 0.950. The Bertz CT molecular complexity index is 1300. The third-order valence-corrected chi connectivity index (χ3v) is 7.95. The second kappa shape index (κ2) is 8.27. The van der Waals surface area contributed by atoms with Crippen molar-refractivity contribution < 1.29 is 26.7 Å². The smallest absolute Gasteiger partial charge is 0.338 e.